The van der Waals surface area contributed by atoms with Crippen LogP contribution in [0.25, 0.3) is 0 Å². The second kappa shape index (κ2) is 4.34. The summed E-state index contributed by atoms with van der Waals surface area (Å²) in [5.41, 5.74) is 1.07. The van der Waals surface area contributed by atoms with Gasteiger partial charge in [-0.25, -0.2) is 13.4 Å². The monoisotopic (exact) mass is 251 g/mol. The largest absolute Gasteiger partial charge is 0.364 e. The topological polar surface area (TPSA) is 74.1 Å². The number of hydrogen-bond donors (Lipinski definition) is 0. The van der Waals surface area contributed by atoms with Crippen molar-refractivity contribution in [2.24, 2.45) is 0 Å². The number of anilines is 1. The van der Waals surface area contributed by atoms with Gasteiger partial charge in [0, 0.05) is 18.8 Å². The molecule has 1 atom stereocenters. The molecular formula is C11H13N3O2S. The molecule has 1 aliphatic heterocycles. The standard InChI is InChI=1S/C11H13N3O2S/c1-9-8-17(15,16)6-5-14(9)11-3-2-4-13-10(11)7-12/h2-4,9H,5-6,8H2,1H3. The van der Waals surface area contributed by atoms with E-state index in [4.69, 9.17) is 5.26 Å². The maximum absolute atomic E-state index is 11.5. The maximum atomic E-state index is 11.5. The van der Waals surface area contributed by atoms with Crippen LogP contribution in [0.4, 0.5) is 5.69 Å². The zero-order valence-corrected chi connectivity index (χ0v) is 10.3. The van der Waals surface area contributed by atoms with Gasteiger partial charge >= 0.3 is 0 Å². The molecule has 0 aliphatic carbocycles. The van der Waals surface area contributed by atoms with Crippen molar-refractivity contribution in [3.63, 3.8) is 0 Å². The SMILES string of the molecule is CC1CS(=O)(=O)CCN1c1cccnc1C#N. The quantitative estimate of drug-likeness (QED) is 0.729. The summed E-state index contributed by atoms with van der Waals surface area (Å²) in [6.07, 6.45) is 1.56. The Bertz CT molecular complexity index is 562. The number of nitriles is 1. The van der Waals surface area contributed by atoms with Crippen LogP contribution >= 0.6 is 0 Å². The van der Waals surface area contributed by atoms with E-state index in [1.54, 1.807) is 18.3 Å². The van der Waals surface area contributed by atoms with E-state index >= 15 is 0 Å². The van der Waals surface area contributed by atoms with Gasteiger partial charge in [-0.15, -0.1) is 0 Å². The summed E-state index contributed by atoms with van der Waals surface area (Å²) < 4.78 is 23.0. The minimum Gasteiger partial charge on any atom is -0.364 e. The minimum atomic E-state index is -2.94. The highest BCUT2D eigenvalue weighted by Crippen LogP contribution is 2.23. The van der Waals surface area contributed by atoms with Gasteiger partial charge in [0.1, 0.15) is 6.07 Å². The fourth-order valence-corrected chi connectivity index (χ4v) is 3.63. The summed E-state index contributed by atoms with van der Waals surface area (Å²) in [6, 6.07) is 5.47. The van der Waals surface area contributed by atoms with Crippen molar-refractivity contribution in [1.82, 2.24) is 4.98 Å². The van der Waals surface area contributed by atoms with Gasteiger partial charge in [0.15, 0.2) is 15.5 Å². The molecule has 0 aromatic carbocycles. The number of rotatable bonds is 1. The molecule has 1 aliphatic rings. The highest BCUT2D eigenvalue weighted by molar-refractivity contribution is 7.91. The summed E-state index contributed by atoms with van der Waals surface area (Å²) in [5, 5.41) is 8.98. The highest BCUT2D eigenvalue weighted by atomic mass is 32.2. The average molecular weight is 251 g/mol. The lowest BCUT2D eigenvalue weighted by atomic mass is 10.2. The van der Waals surface area contributed by atoms with Crippen LogP contribution in [0.1, 0.15) is 12.6 Å². The lowest BCUT2D eigenvalue weighted by Gasteiger charge is -2.35. The smallest absolute Gasteiger partial charge is 0.163 e. The van der Waals surface area contributed by atoms with Crippen LogP contribution in [-0.2, 0) is 9.84 Å². The minimum absolute atomic E-state index is 0.120. The molecule has 2 rings (SSSR count). The average Bonchev–Trinajstić information content (AvgIpc) is 2.28. The zero-order chi connectivity index (χ0) is 12.5. The second-order valence-electron chi connectivity index (χ2n) is 4.14. The first-order valence-corrected chi connectivity index (χ1v) is 7.18. The van der Waals surface area contributed by atoms with Crippen molar-refractivity contribution >= 4 is 15.5 Å². The summed E-state index contributed by atoms with van der Waals surface area (Å²) in [5.74, 6) is 0.268. The number of sulfone groups is 1. The second-order valence-corrected chi connectivity index (χ2v) is 6.37. The van der Waals surface area contributed by atoms with Gasteiger partial charge in [0.05, 0.1) is 17.2 Å². The summed E-state index contributed by atoms with van der Waals surface area (Å²) >= 11 is 0. The van der Waals surface area contributed by atoms with Gasteiger partial charge in [-0.1, -0.05) is 0 Å². The van der Waals surface area contributed by atoms with Crippen molar-refractivity contribution in [1.29, 1.82) is 5.26 Å². The van der Waals surface area contributed by atoms with Crippen molar-refractivity contribution in [3.05, 3.63) is 24.0 Å². The Hall–Kier alpha value is -1.61. The molecule has 0 amide bonds. The summed E-state index contributed by atoms with van der Waals surface area (Å²) in [7, 11) is -2.94. The van der Waals surface area contributed by atoms with Crippen LogP contribution in [0.5, 0.6) is 0 Å². The van der Waals surface area contributed by atoms with Crippen molar-refractivity contribution < 1.29 is 8.42 Å². The van der Waals surface area contributed by atoms with E-state index in [9.17, 15) is 8.42 Å². The maximum Gasteiger partial charge on any atom is 0.163 e. The fourth-order valence-electron chi connectivity index (χ4n) is 2.07. The van der Waals surface area contributed by atoms with Crippen LogP contribution in [0, 0.1) is 11.3 Å². The first kappa shape index (κ1) is 11.9. The third kappa shape index (κ3) is 2.39. The molecule has 0 N–H and O–H groups in total. The van der Waals surface area contributed by atoms with Gasteiger partial charge in [-0.05, 0) is 19.1 Å². The van der Waals surface area contributed by atoms with Gasteiger partial charge in [0.25, 0.3) is 0 Å². The van der Waals surface area contributed by atoms with Crippen LogP contribution in [0.2, 0.25) is 0 Å². The van der Waals surface area contributed by atoms with Gasteiger partial charge < -0.3 is 4.90 Å². The molecule has 2 heterocycles. The van der Waals surface area contributed by atoms with Crippen molar-refractivity contribution in [2.45, 2.75) is 13.0 Å². The normalized spacial score (nSPS) is 23.1. The number of hydrogen-bond acceptors (Lipinski definition) is 5. The molecule has 0 radical (unpaired) electrons. The Morgan fingerprint density at radius 2 is 2.35 bits per heavy atom. The van der Waals surface area contributed by atoms with E-state index in [1.165, 1.54) is 0 Å². The lowest BCUT2D eigenvalue weighted by Crippen LogP contribution is -2.47. The van der Waals surface area contributed by atoms with E-state index in [0.717, 1.165) is 5.69 Å². The molecule has 1 fully saturated rings. The van der Waals surface area contributed by atoms with E-state index in [2.05, 4.69) is 4.98 Å². The number of aromatic nitrogens is 1. The van der Waals surface area contributed by atoms with Crippen LogP contribution in [0.15, 0.2) is 18.3 Å². The van der Waals surface area contributed by atoms with Gasteiger partial charge in [-0.2, -0.15) is 5.26 Å². The highest BCUT2D eigenvalue weighted by Gasteiger charge is 2.29. The predicted molar refractivity (Wildman–Crippen MR) is 64.4 cm³/mol. The molecule has 1 aromatic rings. The molecule has 17 heavy (non-hydrogen) atoms. The molecule has 90 valence electrons. The Kier molecular flexibility index (Phi) is 3.03. The molecule has 1 unspecified atom stereocenters. The van der Waals surface area contributed by atoms with E-state index < -0.39 is 9.84 Å². The van der Waals surface area contributed by atoms with Crippen LogP contribution in [0.3, 0.4) is 0 Å². The molecule has 1 saturated heterocycles. The van der Waals surface area contributed by atoms with Crippen molar-refractivity contribution in [2.75, 3.05) is 23.0 Å². The molecule has 5 nitrogen and oxygen atoms in total. The predicted octanol–water partition coefficient (Wildman–Crippen LogP) is 0.577. The summed E-state index contributed by atoms with van der Waals surface area (Å²) in [4.78, 5) is 5.93. The molecule has 1 aromatic heterocycles. The Labute approximate surface area is 101 Å². The Balaban J connectivity index is 2.33. The van der Waals surface area contributed by atoms with E-state index in [0.29, 0.717) is 12.2 Å². The molecule has 0 saturated carbocycles. The number of pyridine rings is 1. The molecule has 0 spiro atoms. The fraction of sp³-hybridized carbons (Fsp3) is 0.455. The van der Waals surface area contributed by atoms with E-state index in [-0.39, 0.29) is 17.5 Å². The van der Waals surface area contributed by atoms with Gasteiger partial charge in [0.2, 0.25) is 0 Å². The Morgan fingerprint density at radius 3 is 3.00 bits per heavy atom. The Morgan fingerprint density at radius 1 is 1.59 bits per heavy atom. The van der Waals surface area contributed by atoms with Crippen LogP contribution < -0.4 is 4.90 Å². The number of nitrogens with zero attached hydrogens (tertiary/aromatic N) is 3. The van der Waals surface area contributed by atoms with Crippen LogP contribution in [-0.4, -0.2) is 37.5 Å². The first-order chi connectivity index (χ1) is 8.03. The van der Waals surface area contributed by atoms with E-state index in [1.807, 2.05) is 17.9 Å². The molecular weight excluding hydrogens is 238 g/mol. The third-order valence-electron chi connectivity index (χ3n) is 2.87. The lowest BCUT2D eigenvalue weighted by molar-refractivity contribution is 0.568. The zero-order valence-electron chi connectivity index (χ0n) is 9.50. The van der Waals surface area contributed by atoms with Crippen molar-refractivity contribution in [3.8, 4) is 6.07 Å². The first-order valence-electron chi connectivity index (χ1n) is 5.36. The summed E-state index contributed by atoms with van der Waals surface area (Å²) in [6.45, 7) is 2.27. The molecule has 6 heteroatoms. The molecule has 0 bridgehead atoms. The van der Waals surface area contributed by atoms with Gasteiger partial charge in [-0.3, -0.25) is 0 Å². The third-order valence-corrected chi connectivity index (χ3v) is 4.67.